The van der Waals surface area contributed by atoms with Gasteiger partial charge in [0, 0.05) is 41.6 Å². The molecule has 3 nitrogen and oxygen atoms in total. The van der Waals surface area contributed by atoms with Crippen molar-refractivity contribution in [1.29, 1.82) is 0 Å². The molecule has 11 rings (SSSR count). The lowest BCUT2D eigenvalue weighted by Gasteiger charge is -2.26. The number of aliphatic imine (C=N–C) groups is 1. The Morgan fingerprint density at radius 1 is 0.571 bits per heavy atom. The maximum Gasteiger partial charge on any atom is 0.209 e. The number of nitrogens with one attached hydrogen (secondary N) is 1. The Kier molecular flexibility index (Phi) is 5.82. The van der Waals surface area contributed by atoms with Crippen LogP contribution in [0.4, 0.5) is 0 Å². The van der Waals surface area contributed by atoms with Gasteiger partial charge in [0.1, 0.15) is 0 Å². The van der Waals surface area contributed by atoms with E-state index in [1.54, 1.807) is 0 Å². The number of hydrogen-bond donors (Lipinski definition) is 1. The largest absolute Gasteiger partial charge is 0.344 e. The third-order valence-electron chi connectivity index (χ3n) is 10.0. The zero-order valence-electron chi connectivity index (χ0n) is 26.2. The Balaban J connectivity index is 1.25. The van der Waals surface area contributed by atoms with Gasteiger partial charge in [-0.2, -0.15) is 0 Å². The lowest BCUT2D eigenvalue weighted by Crippen LogP contribution is -2.36. The van der Waals surface area contributed by atoms with Crippen molar-refractivity contribution in [2.75, 3.05) is 0 Å². The number of aromatic nitrogens is 1. The van der Waals surface area contributed by atoms with Gasteiger partial charge >= 0.3 is 0 Å². The number of benzene rings is 7. The van der Waals surface area contributed by atoms with Crippen LogP contribution in [0.15, 0.2) is 166 Å². The van der Waals surface area contributed by atoms with Crippen LogP contribution < -0.4 is 5.32 Å². The first-order chi connectivity index (χ1) is 24.3. The molecule has 9 aromatic rings. The molecule has 49 heavy (non-hydrogen) atoms. The zero-order chi connectivity index (χ0) is 32.1. The van der Waals surface area contributed by atoms with Gasteiger partial charge in [-0.25, -0.2) is 4.99 Å². The second kappa shape index (κ2) is 10.4. The summed E-state index contributed by atoms with van der Waals surface area (Å²) >= 11 is 3.73. The van der Waals surface area contributed by atoms with E-state index in [9.17, 15) is 0 Å². The molecule has 2 aliphatic heterocycles. The number of hydrogen-bond acceptors (Lipinski definition) is 4. The minimum absolute atomic E-state index is 0.00125. The summed E-state index contributed by atoms with van der Waals surface area (Å²) in [5.41, 5.74) is 8.20. The van der Waals surface area contributed by atoms with Crippen molar-refractivity contribution < 1.29 is 0 Å². The van der Waals surface area contributed by atoms with Gasteiger partial charge in [-0.1, -0.05) is 139 Å². The molecule has 1 unspecified atom stereocenters. The second-order valence-electron chi connectivity index (χ2n) is 12.7. The van der Waals surface area contributed by atoms with Crippen LogP contribution in [-0.2, 0) is 0 Å². The highest BCUT2D eigenvalue weighted by atomic mass is 32.2. The Morgan fingerprint density at radius 3 is 2.12 bits per heavy atom. The molecule has 5 heteroatoms. The summed E-state index contributed by atoms with van der Waals surface area (Å²) < 4.78 is 5.00. The molecule has 0 fully saturated rings. The van der Waals surface area contributed by atoms with Crippen molar-refractivity contribution in [2.24, 2.45) is 4.99 Å². The van der Waals surface area contributed by atoms with Gasteiger partial charge < -0.3 is 5.32 Å². The van der Waals surface area contributed by atoms with E-state index in [1.807, 2.05) is 23.1 Å². The molecule has 0 amide bonds. The van der Waals surface area contributed by atoms with Crippen LogP contribution in [-0.4, -0.2) is 10.5 Å². The monoisotopic (exact) mass is 661 g/mol. The van der Waals surface area contributed by atoms with Crippen molar-refractivity contribution in [3.05, 3.63) is 168 Å². The lowest BCUT2D eigenvalue weighted by atomic mass is 9.98. The number of para-hydroxylation sites is 1. The molecule has 0 bridgehead atoms. The molecule has 2 aromatic heterocycles. The minimum Gasteiger partial charge on any atom is -0.344 e. The first kappa shape index (κ1) is 27.3. The summed E-state index contributed by atoms with van der Waals surface area (Å²) in [7, 11) is 0. The topological polar surface area (TPSA) is 29.3 Å². The van der Waals surface area contributed by atoms with Gasteiger partial charge in [0.15, 0.2) is 0 Å². The molecule has 2 aliphatic rings. The van der Waals surface area contributed by atoms with E-state index in [2.05, 4.69) is 162 Å². The first-order valence-corrected chi connectivity index (χ1v) is 18.2. The Hall–Kier alpha value is -5.62. The van der Waals surface area contributed by atoms with E-state index in [1.165, 1.54) is 73.7 Å². The minimum atomic E-state index is -0.00125. The average molecular weight is 662 g/mol. The number of rotatable bonds is 2. The molecular formula is C44H27N3S2. The van der Waals surface area contributed by atoms with Crippen molar-refractivity contribution in [3.63, 3.8) is 0 Å². The lowest BCUT2D eigenvalue weighted by molar-refractivity contribution is 0.749. The smallest absolute Gasteiger partial charge is 0.209 e. The molecular weight excluding hydrogens is 635 g/mol. The van der Waals surface area contributed by atoms with Crippen LogP contribution in [0, 0.1) is 0 Å². The highest BCUT2D eigenvalue weighted by Gasteiger charge is 2.36. The second-order valence-corrected chi connectivity index (χ2v) is 14.9. The number of nitrogens with zero attached hydrogens (tertiary/aromatic N) is 2. The quantitative estimate of drug-likeness (QED) is 0.200. The Morgan fingerprint density at radius 2 is 1.24 bits per heavy atom. The fourth-order valence-corrected chi connectivity index (χ4v) is 10.4. The summed E-state index contributed by atoms with van der Waals surface area (Å²) in [6, 6.07) is 54.9. The maximum absolute atomic E-state index is 5.63. The molecule has 1 N–H and O–H groups in total. The molecule has 1 atom stereocenters. The standard InChI is InChI=1S/C44H27N3S2/c1-2-13-26(14-3-1)27-15-12-16-28(25-27)39-43-40(33-21-8-11-24-36(33)49-43)46-44(45-39)47-34-22-9-6-19-31(34)37-29-17-4-5-18-30(29)38-32-20-7-10-23-35(32)48-42(38)41(37)47/h1-25,40H,(H,45,46). The van der Waals surface area contributed by atoms with Gasteiger partial charge in [-0.15, -0.1) is 11.3 Å². The van der Waals surface area contributed by atoms with Gasteiger partial charge in [0.2, 0.25) is 5.96 Å². The SMILES string of the molecule is c1ccc(-c2cccc(C3=C4Sc5ccccc5C4NC(n4c5ccccc5c5c6ccccc6c6c7ccccc7sc6c54)=N3)c2)cc1. The average Bonchev–Trinajstić information content (AvgIpc) is 3.85. The highest BCUT2D eigenvalue weighted by molar-refractivity contribution is 8.03. The predicted octanol–water partition coefficient (Wildman–Crippen LogP) is 12.0. The van der Waals surface area contributed by atoms with Crippen LogP contribution >= 0.6 is 23.1 Å². The number of thioether (sulfide) groups is 1. The summed E-state index contributed by atoms with van der Waals surface area (Å²) in [6.45, 7) is 0. The Bertz CT molecular complexity index is 2890. The normalized spacial score (nSPS) is 15.7. The predicted molar refractivity (Wildman–Crippen MR) is 210 cm³/mol. The van der Waals surface area contributed by atoms with Crippen molar-refractivity contribution in [2.45, 2.75) is 10.9 Å². The van der Waals surface area contributed by atoms with Crippen molar-refractivity contribution >= 4 is 87.5 Å². The van der Waals surface area contributed by atoms with Crippen LogP contribution in [0.3, 0.4) is 0 Å². The third-order valence-corrected chi connectivity index (χ3v) is 12.5. The molecule has 0 aliphatic carbocycles. The van der Waals surface area contributed by atoms with Gasteiger partial charge in [0.25, 0.3) is 0 Å². The highest BCUT2D eigenvalue weighted by Crippen LogP contribution is 2.53. The molecule has 0 radical (unpaired) electrons. The molecule has 0 spiro atoms. The van der Waals surface area contributed by atoms with Crippen LogP contribution in [0.2, 0.25) is 0 Å². The van der Waals surface area contributed by atoms with Crippen molar-refractivity contribution in [1.82, 2.24) is 9.88 Å². The molecule has 230 valence electrons. The first-order valence-electron chi connectivity index (χ1n) is 16.6. The fourth-order valence-electron chi connectivity index (χ4n) is 7.93. The van der Waals surface area contributed by atoms with E-state index >= 15 is 0 Å². The van der Waals surface area contributed by atoms with Crippen LogP contribution in [0.1, 0.15) is 17.2 Å². The fraction of sp³-hybridized carbons (Fsp3) is 0.0227. The molecule has 7 aromatic carbocycles. The van der Waals surface area contributed by atoms with E-state index in [4.69, 9.17) is 4.99 Å². The number of fused-ring (bicyclic) bond motifs is 13. The molecule has 0 saturated heterocycles. The van der Waals surface area contributed by atoms with E-state index < -0.39 is 0 Å². The van der Waals surface area contributed by atoms with Crippen LogP contribution in [0.5, 0.6) is 0 Å². The Labute approximate surface area is 290 Å². The molecule has 0 saturated carbocycles. The summed E-state index contributed by atoms with van der Waals surface area (Å²) in [4.78, 5) is 8.15. The number of thiophene rings is 1. The molecule has 4 heterocycles. The van der Waals surface area contributed by atoms with Gasteiger partial charge in [-0.3, -0.25) is 4.57 Å². The summed E-state index contributed by atoms with van der Waals surface area (Å²) in [5.74, 6) is 0.853. The van der Waals surface area contributed by atoms with E-state index in [0.29, 0.717) is 0 Å². The van der Waals surface area contributed by atoms with Gasteiger partial charge in [0.05, 0.1) is 27.5 Å². The zero-order valence-corrected chi connectivity index (χ0v) is 27.9. The summed E-state index contributed by atoms with van der Waals surface area (Å²) in [6.07, 6.45) is 0. The van der Waals surface area contributed by atoms with Crippen LogP contribution in [0.25, 0.3) is 69.6 Å². The summed E-state index contributed by atoms with van der Waals surface area (Å²) in [5, 5.41) is 11.7. The van der Waals surface area contributed by atoms with E-state index in [-0.39, 0.29) is 6.04 Å². The van der Waals surface area contributed by atoms with E-state index in [0.717, 1.165) is 22.7 Å². The van der Waals surface area contributed by atoms with Gasteiger partial charge in [-0.05, 0) is 51.7 Å². The third kappa shape index (κ3) is 3.94. The van der Waals surface area contributed by atoms with Crippen molar-refractivity contribution in [3.8, 4) is 11.1 Å². The maximum atomic E-state index is 5.63.